The number of hydrazine groups is 1. The van der Waals surface area contributed by atoms with E-state index in [-0.39, 0.29) is 55.1 Å². The second kappa shape index (κ2) is 17.3. The molecule has 4 aromatic rings. The highest BCUT2D eigenvalue weighted by atomic mass is 32.2. The minimum Gasteiger partial charge on any atom is -0.390 e. The first-order chi connectivity index (χ1) is 22.9. The van der Waals surface area contributed by atoms with Crippen LogP contribution in [0.1, 0.15) is 45.2 Å². The first kappa shape index (κ1) is 36.7. The van der Waals surface area contributed by atoms with Crippen LogP contribution in [0.25, 0.3) is 10.8 Å². The topological polar surface area (TPSA) is 119 Å². The van der Waals surface area contributed by atoms with Gasteiger partial charge in [0, 0.05) is 26.1 Å². The zero-order valence-corrected chi connectivity index (χ0v) is 29.1. The van der Waals surface area contributed by atoms with E-state index in [1.807, 2.05) is 113 Å². The first-order valence-corrected chi connectivity index (χ1v) is 17.9. The van der Waals surface area contributed by atoms with Gasteiger partial charge in [0.05, 0.1) is 23.6 Å². The summed E-state index contributed by atoms with van der Waals surface area (Å²) in [5, 5.41) is 18.0. The normalized spacial score (nSPS) is 13.2. The van der Waals surface area contributed by atoms with E-state index in [1.165, 1.54) is 9.31 Å². The summed E-state index contributed by atoms with van der Waals surface area (Å²) in [7, 11) is -4.04. The monoisotopic (exact) mass is 672 g/mol. The van der Waals surface area contributed by atoms with E-state index in [2.05, 4.69) is 10.7 Å². The molecule has 0 fully saturated rings. The zero-order chi connectivity index (χ0) is 34.7. The van der Waals surface area contributed by atoms with Crippen LogP contribution >= 0.6 is 0 Å². The molecule has 0 spiro atoms. The van der Waals surface area contributed by atoms with Crippen molar-refractivity contribution in [2.75, 3.05) is 19.6 Å². The number of nitrogens with one attached hydrogen (secondary N) is 2. The number of benzene rings is 4. The van der Waals surface area contributed by atoms with Gasteiger partial charge >= 0.3 is 0 Å². The second-order valence-corrected chi connectivity index (χ2v) is 15.0. The van der Waals surface area contributed by atoms with Crippen molar-refractivity contribution < 1.29 is 23.1 Å². The maximum atomic E-state index is 14.1. The number of aliphatic hydroxyl groups excluding tert-OH is 1. The van der Waals surface area contributed by atoms with Gasteiger partial charge < -0.3 is 10.4 Å². The minimum absolute atomic E-state index is 0.0200. The standard InChI is InChI=1S/C38H48N4O5S/c1-28(2)21-38(45)42(40-37(44)25-39-24-31-15-9-6-10-16-31)35(22-30-13-7-5-8-14-30)36(43)27-41(26-29(3)4)48(46,47)34-20-19-32-17-11-12-18-33(32)23-34/h5-20,23,28-29,35-36,39,43H,21-22,24-27H2,1-4H3,(H,40,44)/t35?,36-/m1/s1. The van der Waals surface area contributed by atoms with Crippen LogP contribution in [0, 0.1) is 11.8 Å². The Morgan fingerprint density at radius 3 is 1.98 bits per heavy atom. The number of hydrogen-bond acceptors (Lipinski definition) is 6. The Bertz CT molecular complexity index is 1730. The van der Waals surface area contributed by atoms with Gasteiger partial charge in [0.25, 0.3) is 5.91 Å². The van der Waals surface area contributed by atoms with Crippen molar-refractivity contribution in [3.8, 4) is 0 Å². The molecule has 10 heteroatoms. The fraction of sp³-hybridized carbons (Fsp3) is 0.368. The lowest BCUT2D eigenvalue weighted by atomic mass is 9.99. The SMILES string of the molecule is CC(C)CC(=O)N(NC(=O)CNCc1ccccc1)C(Cc1ccccc1)[C@H](O)CN(CC(C)C)S(=O)(=O)c1ccc2ccccc2c1. The van der Waals surface area contributed by atoms with Crippen molar-refractivity contribution >= 4 is 32.6 Å². The van der Waals surface area contributed by atoms with Crippen molar-refractivity contribution in [3.05, 3.63) is 114 Å². The second-order valence-electron chi connectivity index (χ2n) is 13.0. The summed E-state index contributed by atoms with van der Waals surface area (Å²) < 4.78 is 29.6. The molecule has 0 saturated heterocycles. The minimum atomic E-state index is -4.04. The van der Waals surface area contributed by atoms with E-state index in [1.54, 1.807) is 18.2 Å². The fourth-order valence-corrected chi connectivity index (χ4v) is 7.27. The highest BCUT2D eigenvalue weighted by Crippen LogP contribution is 2.24. The van der Waals surface area contributed by atoms with E-state index in [4.69, 9.17) is 0 Å². The van der Waals surface area contributed by atoms with Crippen molar-refractivity contribution in [3.63, 3.8) is 0 Å². The average Bonchev–Trinajstić information content (AvgIpc) is 3.06. The van der Waals surface area contributed by atoms with Gasteiger partial charge in [-0.15, -0.1) is 0 Å². The van der Waals surface area contributed by atoms with Crippen LogP contribution in [0.4, 0.5) is 0 Å². The molecule has 4 aromatic carbocycles. The van der Waals surface area contributed by atoms with Crippen LogP contribution in [0.5, 0.6) is 0 Å². The molecule has 0 heterocycles. The number of hydrogen-bond donors (Lipinski definition) is 3. The molecule has 0 aromatic heterocycles. The van der Waals surface area contributed by atoms with E-state index < -0.39 is 28.1 Å². The zero-order valence-electron chi connectivity index (χ0n) is 28.2. The Kier molecular flexibility index (Phi) is 13.3. The number of amides is 2. The highest BCUT2D eigenvalue weighted by Gasteiger charge is 2.36. The largest absolute Gasteiger partial charge is 0.390 e. The number of carbonyl (C=O) groups is 2. The summed E-state index contributed by atoms with van der Waals surface area (Å²) in [5.74, 6) is -0.882. The number of nitrogens with zero attached hydrogens (tertiary/aromatic N) is 2. The van der Waals surface area contributed by atoms with Gasteiger partial charge in [-0.1, -0.05) is 119 Å². The fourth-order valence-electron chi connectivity index (χ4n) is 5.61. The molecular formula is C38H48N4O5S. The van der Waals surface area contributed by atoms with Crippen molar-refractivity contribution in [2.24, 2.45) is 11.8 Å². The highest BCUT2D eigenvalue weighted by molar-refractivity contribution is 7.89. The van der Waals surface area contributed by atoms with Crippen molar-refractivity contribution in [1.82, 2.24) is 20.1 Å². The van der Waals surface area contributed by atoms with E-state index in [0.29, 0.717) is 6.54 Å². The molecule has 0 aliphatic carbocycles. The van der Waals surface area contributed by atoms with Gasteiger partial charge in [0.15, 0.2) is 0 Å². The van der Waals surface area contributed by atoms with Gasteiger partial charge in [-0.25, -0.2) is 13.4 Å². The van der Waals surface area contributed by atoms with Crippen LogP contribution in [-0.4, -0.2) is 66.4 Å². The van der Waals surface area contributed by atoms with Crippen LogP contribution in [0.3, 0.4) is 0 Å². The lowest BCUT2D eigenvalue weighted by Gasteiger charge is -2.37. The Morgan fingerprint density at radius 1 is 0.750 bits per heavy atom. The third-order valence-corrected chi connectivity index (χ3v) is 9.76. The summed E-state index contributed by atoms with van der Waals surface area (Å²) >= 11 is 0. The van der Waals surface area contributed by atoms with Crippen LogP contribution in [0.2, 0.25) is 0 Å². The van der Waals surface area contributed by atoms with Crippen molar-refractivity contribution in [1.29, 1.82) is 0 Å². The molecule has 48 heavy (non-hydrogen) atoms. The summed E-state index contributed by atoms with van der Waals surface area (Å²) in [4.78, 5) is 27.2. The number of sulfonamides is 1. The third-order valence-electron chi connectivity index (χ3n) is 7.94. The van der Waals surface area contributed by atoms with Gasteiger partial charge in [0.2, 0.25) is 15.9 Å². The number of aliphatic hydroxyl groups is 1. The molecule has 0 aliphatic heterocycles. The van der Waals surface area contributed by atoms with Crippen LogP contribution in [-0.2, 0) is 32.6 Å². The Morgan fingerprint density at radius 2 is 1.35 bits per heavy atom. The first-order valence-electron chi connectivity index (χ1n) is 16.5. The molecule has 2 atom stereocenters. The van der Waals surface area contributed by atoms with Gasteiger partial charge in [0.1, 0.15) is 0 Å². The Balaban J connectivity index is 1.64. The number of carbonyl (C=O) groups excluding carboxylic acids is 2. The van der Waals surface area contributed by atoms with Gasteiger partial charge in [-0.3, -0.25) is 15.0 Å². The summed E-state index contributed by atoms with van der Waals surface area (Å²) in [5.41, 5.74) is 4.60. The molecule has 0 aliphatic rings. The molecule has 0 bridgehead atoms. The maximum absolute atomic E-state index is 14.1. The molecular weight excluding hydrogens is 625 g/mol. The van der Waals surface area contributed by atoms with E-state index in [0.717, 1.165) is 21.9 Å². The molecule has 1 unspecified atom stereocenters. The maximum Gasteiger partial charge on any atom is 0.252 e. The van der Waals surface area contributed by atoms with Gasteiger partial charge in [-0.2, -0.15) is 4.31 Å². The van der Waals surface area contributed by atoms with Crippen LogP contribution < -0.4 is 10.7 Å². The molecule has 4 rings (SSSR count). The molecule has 3 N–H and O–H groups in total. The lowest BCUT2D eigenvalue weighted by Crippen LogP contribution is -2.60. The summed E-state index contributed by atoms with van der Waals surface area (Å²) in [6.07, 6.45) is -1.02. The lowest BCUT2D eigenvalue weighted by molar-refractivity contribution is -0.148. The molecule has 2 amide bonds. The van der Waals surface area contributed by atoms with E-state index in [9.17, 15) is 23.1 Å². The van der Waals surface area contributed by atoms with E-state index >= 15 is 0 Å². The van der Waals surface area contributed by atoms with Gasteiger partial charge in [-0.05, 0) is 52.3 Å². The quantitative estimate of drug-likeness (QED) is 0.142. The third kappa shape index (κ3) is 10.5. The molecule has 0 saturated carbocycles. The molecule has 9 nitrogen and oxygen atoms in total. The summed E-state index contributed by atoms with van der Waals surface area (Å²) in [6, 6.07) is 30.6. The summed E-state index contributed by atoms with van der Waals surface area (Å²) in [6.45, 7) is 7.91. The number of rotatable bonds is 16. The molecule has 0 radical (unpaired) electrons. The Labute approximate surface area is 285 Å². The van der Waals surface area contributed by atoms with Crippen molar-refractivity contribution in [2.45, 2.75) is 64.1 Å². The average molecular weight is 673 g/mol. The predicted octanol–water partition coefficient (Wildman–Crippen LogP) is 5.15. The van der Waals surface area contributed by atoms with Crippen LogP contribution in [0.15, 0.2) is 108 Å². The predicted molar refractivity (Wildman–Crippen MR) is 190 cm³/mol. The molecule has 256 valence electrons. The smallest absolute Gasteiger partial charge is 0.252 e. The number of fused-ring (bicyclic) bond motifs is 1. The Hall–Kier alpha value is -4.09.